The molecule has 0 bridgehead atoms. The van der Waals surface area contributed by atoms with Crippen molar-refractivity contribution in [2.75, 3.05) is 24.5 Å². The molecule has 1 aromatic rings. The van der Waals surface area contributed by atoms with Crippen LogP contribution in [0.2, 0.25) is 0 Å². The van der Waals surface area contributed by atoms with Crippen LogP contribution < -0.4 is 10.2 Å². The van der Waals surface area contributed by atoms with Gasteiger partial charge in [-0.2, -0.15) is 13.2 Å². The van der Waals surface area contributed by atoms with Crippen LogP contribution in [0.25, 0.3) is 0 Å². The zero-order valence-electron chi connectivity index (χ0n) is 9.67. The van der Waals surface area contributed by atoms with Crippen molar-refractivity contribution in [3.05, 3.63) is 30.1 Å². The Balaban J connectivity index is 2.28. The summed E-state index contributed by atoms with van der Waals surface area (Å²) < 4.78 is 51.8. The van der Waals surface area contributed by atoms with Gasteiger partial charge in [-0.1, -0.05) is 0 Å². The van der Waals surface area contributed by atoms with E-state index in [1.54, 1.807) is 0 Å². The Morgan fingerprint density at radius 2 is 1.83 bits per heavy atom. The highest BCUT2D eigenvalue weighted by Gasteiger charge is 2.44. The van der Waals surface area contributed by atoms with Crippen molar-refractivity contribution in [3.63, 3.8) is 0 Å². The number of halogens is 4. The molecule has 1 unspecified atom stereocenters. The fraction of sp³-hybridized carbons (Fsp3) is 0.500. The highest BCUT2D eigenvalue weighted by molar-refractivity contribution is 5.48. The van der Waals surface area contributed by atoms with Gasteiger partial charge in [0.25, 0.3) is 0 Å². The molecule has 1 atom stereocenters. The molecule has 6 heteroatoms. The summed E-state index contributed by atoms with van der Waals surface area (Å²) in [5.74, 6) is -0.449. The highest BCUT2D eigenvalue weighted by atomic mass is 19.4. The molecule has 1 saturated heterocycles. The number of nitrogens with one attached hydrogen (secondary N) is 1. The predicted molar refractivity (Wildman–Crippen MR) is 61.1 cm³/mol. The second kappa shape index (κ2) is 5.14. The zero-order chi connectivity index (χ0) is 13.2. The molecule has 1 aromatic carbocycles. The van der Waals surface area contributed by atoms with E-state index in [2.05, 4.69) is 5.32 Å². The molecular weight excluding hydrogens is 248 g/mol. The quantitative estimate of drug-likeness (QED) is 0.782. The molecule has 1 aliphatic heterocycles. The van der Waals surface area contributed by atoms with Gasteiger partial charge in [0.1, 0.15) is 11.9 Å². The zero-order valence-corrected chi connectivity index (χ0v) is 9.67. The molecule has 0 saturated carbocycles. The normalized spacial score (nSPS) is 21.8. The van der Waals surface area contributed by atoms with Gasteiger partial charge in [-0.25, -0.2) is 4.39 Å². The van der Waals surface area contributed by atoms with Gasteiger partial charge in [0.2, 0.25) is 0 Å². The predicted octanol–water partition coefficient (Wildman–Crippen LogP) is 2.56. The third-order valence-corrected chi connectivity index (χ3v) is 3.00. The van der Waals surface area contributed by atoms with E-state index < -0.39 is 18.0 Å². The lowest BCUT2D eigenvalue weighted by Crippen LogP contribution is -2.49. The first-order valence-corrected chi connectivity index (χ1v) is 5.78. The molecule has 2 nitrogen and oxygen atoms in total. The summed E-state index contributed by atoms with van der Waals surface area (Å²) in [6, 6.07) is 3.58. The standard InChI is InChI=1S/C12H14F4N2/c13-9-2-4-10(5-3-9)18-7-1-6-17-8-11(18)12(14,15)16/h2-5,11,17H,1,6-8H2. The van der Waals surface area contributed by atoms with Crippen molar-refractivity contribution in [3.8, 4) is 0 Å². The Morgan fingerprint density at radius 1 is 1.17 bits per heavy atom. The molecular formula is C12H14F4N2. The smallest absolute Gasteiger partial charge is 0.359 e. The average Bonchev–Trinajstić information content (AvgIpc) is 2.54. The highest BCUT2D eigenvalue weighted by Crippen LogP contribution is 2.29. The summed E-state index contributed by atoms with van der Waals surface area (Å²) in [6.07, 6.45) is -3.67. The van der Waals surface area contributed by atoms with Crippen molar-refractivity contribution in [2.24, 2.45) is 0 Å². The number of rotatable bonds is 1. The largest absolute Gasteiger partial charge is 0.409 e. The maximum atomic E-state index is 13.0. The molecule has 100 valence electrons. The monoisotopic (exact) mass is 262 g/mol. The fourth-order valence-corrected chi connectivity index (χ4v) is 2.11. The number of benzene rings is 1. The lowest BCUT2D eigenvalue weighted by Gasteiger charge is -2.33. The molecule has 0 radical (unpaired) electrons. The van der Waals surface area contributed by atoms with E-state index in [9.17, 15) is 17.6 Å². The van der Waals surface area contributed by atoms with E-state index in [-0.39, 0.29) is 6.54 Å². The van der Waals surface area contributed by atoms with Crippen LogP contribution in [0, 0.1) is 5.82 Å². The van der Waals surface area contributed by atoms with E-state index in [0.717, 1.165) is 0 Å². The molecule has 1 heterocycles. The van der Waals surface area contributed by atoms with Gasteiger partial charge >= 0.3 is 6.18 Å². The Labute approximate surface area is 103 Å². The summed E-state index contributed by atoms with van der Waals surface area (Å²) in [4.78, 5) is 1.29. The lowest BCUT2D eigenvalue weighted by molar-refractivity contribution is -0.147. The van der Waals surface area contributed by atoms with Crippen molar-refractivity contribution in [1.82, 2.24) is 5.32 Å². The fourth-order valence-electron chi connectivity index (χ4n) is 2.11. The number of alkyl halides is 3. The van der Waals surface area contributed by atoms with Gasteiger partial charge in [0, 0.05) is 18.8 Å². The Morgan fingerprint density at radius 3 is 2.44 bits per heavy atom. The molecule has 0 amide bonds. The summed E-state index contributed by atoms with van der Waals surface area (Å²) >= 11 is 0. The van der Waals surface area contributed by atoms with Crippen LogP contribution in [-0.2, 0) is 0 Å². The molecule has 0 aliphatic carbocycles. The average molecular weight is 262 g/mol. The molecule has 2 rings (SSSR count). The Kier molecular flexibility index (Phi) is 3.75. The van der Waals surface area contributed by atoms with Gasteiger partial charge in [0.15, 0.2) is 0 Å². The van der Waals surface area contributed by atoms with Crippen molar-refractivity contribution >= 4 is 5.69 Å². The first kappa shape index (κ1) is 13.1. The number of nitrogens with zero attached hydrogens (tertiary/aromatic N) is 1. The Bertz CT molecular complexity index is 388. The minimum atomic E-state index is -4.30. The van der Waals surface area contributed by atoms with Gasteiger partial charge in [0.05, 0.1) is 0 Å². The number of hydrogen-bond donors (Lipinski definition) is 1. The summed E-state index contributed by atoms with van der Waals surface area (Å²) in [7, 11) is 0. The van der Waals surface area contributed by atoms with Crippen molar-refractivity contribution < 1.29 is 17.6 Å². The minimum Gasteiger partial charge on any atom is -0.359 e. The first-order chi connectivity index (χ1) is 8.48. The molecule has 0 spiro atoms. The van der Waals surface area contributed by atoms with Gasteiger partial charge < -0.3 is 10.2 Å². The lowest BCUT2D eigenvalue weighted by atomic mass is 10.2. The number of anilines is 1. The van der Waals surface area contributed by atoms with Crippen LogP contribution in [0.15, 0.2) is 24.3 Å². The summed E-state index contributed by atoms with van der Waals surface area (Å²) in [6.45, 7) is 0.730. The van der Waals surface area contributed by atoms with Crippen LogP contribution in [0.5, 0.6) is 0 Å². The topological polar surface area (TPSA) is 15.3 Å². The van der Waals surface area contributed by atoms with E-state index >= 15 is 0 Å². The molecule has 1 fully saturated rings. The molecule has 18 heavy (non-hydrogen) atoms. The van der Waals surface area contributed by atoms with Crippen molar-refractivity contribution in [1.29, 1.82) is 0 Å². The molecule has 1 N–H and O–H groups in total. The second-order valence-electron chi connectivity index (χ2n) is 4.28. The maximum absolute atomic E-state index is 13.0. The van der Waals surface area contributed by atoms with Crippen LogP contribution in [-0.4, -0.2) is 31.9 Å². The van der Waals surface area contributed by atoms with E-state index in [0.29, 0.717) is 25.2 Å². The Hall–Kier alpha value is -1.30. The van der Waals surface area contributed by atoms with Crippen molar-refractivity contribution in [2.45, 2.75) is 18.6 Å². The summed E-state index contributed by atoms with van der Waals surface area (Å²) in [5, 5.41) is 2.78. The van der Waals surface area contributed by atoms with Gasteiger partial charge in [-0.3, -0.25) is 0 Å². The second-order valence-corrected chi connectivity index (χ2v) is 4.28. The van der Waals surface area contributed by atoms with E-state index in [4.69, 9.17) is 0 Å². The van der Waals surface area contributed by atoms with Gasteiger partial charge in [-0.05, 0) is 37.2 Å². The molecule has 0 aromatic heterocycles. The van der Waals surface area contributed by atoms with E-state index in [1.807, 2.05) is 0 Å². The first-order valence-electron chi connectivity index (χ1n) is 5.78. The van der Waals surface area contributed by atoms with Crippen LogP contribution in [0.1, 0.15) is 6.42 Å². The van der Waals surface area contributed by atoms with E-state index in [1.165, 1.54) is 29.2 Å². The number of hydrogen-bond acceptors (Lipinski definition) is 2. The van der Waals surface area contributed by atoms with Gasteiger partial charge in [-0.15, -0.1) is 0 Å². The third kappa shape index (κ3) is 2.93. The molecule has 1 aliphatic rings. The minimum absolute atomic E-state index is 0.138. The maximum Gasteiger partial charge on any atom is 0.409 e. The van der Waals surface area contributed by atoms with Crippen LogP contribution in [0.4, 0.5) is 23.2 Å². The SMILES string of the molecule is Fc1ccc(N2CCCNCC2C(F)(F)F)cc1. The van der Waals surface area contributed by atoms with Crippen LogP contribution >= 0.6 is 0 Å². The summed E-state index contributed by atoms with van der Waals surface area (Å²) in [5.41, 5.74) is 0.405. The van der Waals surface area contributed by atoms with Crippen LogP contribution in [0.3, 0.4) is 0 Å². The third-order valence-electron chi connectivity index (χ3n) is 3.00.